The van der Waals surface area contributed by atoms with Crippen LogP contribution in [0, 0.1) is 0 Å². The second kappa shape index (κ2) is 5.92. The van der Waals surface area contributed by atoms with Crippen molar-refractivity contribution in [3.63, 3.8) is 0 Å². The first-order valence-electron chi connectivity index (χ1n) is 5.62. The summed E-state index contributed by atoms with van der Waals surface area (Å²) in [6.45, 7) is 2.44. The van der Waals surface area contributed by atoms with Crippen molar-refractivity contribution in [3.05, 3.63) is 36.9 Å². The van der Waals surface area contributed by atoms with E-state index >= 15 is 0 Å². The first-order chi connectivity index (χ1) is 8.79. The van der Waals surface area contributed by atoms with Gasteiger partial charge in [0.1, 0.15) is 19.3 Å². The molecule has 0 radical (unpaired) electrons. The zero-order valence-corrected chi connectivity index (χ0v) is 10.0. The van der Waals surface area contributed by atoms with Crippen LogP contribution in [0.1, 0.15) is 6.92 Å². The lowest BCUT2D eigenvalue weighted by atomic mass is 10.3. The number of nitrogens with one attached hydrogen (secondary N) is 1. The van der Waals surface area contributed by atoms with Gasteiger partial charge in [-0.2, -0.15) is 5.10 Å². The van der Waals surface area contributed by atoms with Gasteiger partial charge < -0.3 is 10.1 Å². The second-order valence-corrected chi connectivity index (χ2v) is 3.57. The lowest BCUT2D eigenvalue weighted by Gasteiger charge is -2.06. The van der Waals surface area contributed by atoms with Crippen molar-refractivity contribution in [3.8, 4) is 5.69 Å². The highest BCUT2D eigenvalue weighted by molar-refractivity contribution is 5.91. The molecule has 0 saturated carbocycles. The topological polar surface area (TPSA) is 69.0 Å². The zero-order chi connectivity index (χ0) is 12.8. The first kappa shape index (κ1) is 12.3. The summed E-state index contributed by atoms with van der Waals surface area (Å²) >= 11 is 0. The molecule has 0 bridgehead atoms. The van der Waals surface area contributed by atoms with Crippen LogP contribution in [0.2, 0.25) is 0 Å². The molecule has 1 N–H and O–H groups in total. The number of aromatic nitrogens is 3. The van der Waals surface area contributed by atoms with E-state index in [1.54, 1.807) is 23.1 Å². The van der Waals surface area contributed by atoms with Crippen LogP contribution in [-0.2, 0) is 9.53 Å². The number of carbonyl (C=O) groups excluding carboxylic acids is 1. The number of rotatable bonds is 5. The Labute approximate surface area is 105 Å². The minimum atomic E-state index is -0.162. The predicted octanol–water partition coefficient (Wildman–Crippen LogP) is 1.24. The van der Waals surface area contributed by atoms with E-state index in [0.717, 1.165) is 11.4 Å². The fourth-order valence-electron chi connectivity index (χ4n) is 1.43. The lowest BCUT2D eigenvalue weighted by molar-refractivity contribution is -0.120. The Kier molecular flexibility index (Phi) is 4.03. The number of benzene rings is 1. The van der Waals surface area contributed by atoms with Crippen LogP contribution in [0.4, 0.5) is 5.69 Å². The van der Waals surface area contributed by atoms with E-state index in [-0.39, 0.29) is 12.5 Å². The molecule has 1 amide bonds. The van der Waals surface area contributed by atoms with Crippen molar-refractivity contribution >= 4 is 11.6 Å². The molecule has 0 atom stereocenters. The number of carbonyl (C=O) groups is 1. The van der Waals surface area contributed by atoms with E-state index in [4.69, 9.17) is 4.74 Å². The zero-order valence-electron chi connectivity index (χ0n) is 10.0. The average molecular weight is 246 g/mol. The van der Waals surface area contributed by atoms with E-state index in [1.165, 1.54) is 6.33 Å². The Balaban J connectivity index is 1.98. The number of nitrogens with zero attached hydrogens (tertiary/aromatic N) is 3. The Morgan fingerprint density at radius 2 is 2.17 bits per heavy atom. The third-order valence-electron chi connectivity index (χ3n) is 2.27. The average Bonchev–Trinajstić information content (AvgIpc) is 2.91. The molecule has 0 unspecified atom stereocenters. The van der Waals surface area contributed by atoms with Crippen LogP contribution in [0.3, 0.4) is 0 Å². The minimum Gasteiger partial charge on any atom is -0.372 e. The maximum absolute atomic E-state index is 11.4. The number of hydrogen-bond acceptors (Lipinski definition) is 4. The van der Waals surface area contributed by atoms with Crippen molar-refractivity contribution in [2.75, 3.05) is 18.5 Å². The van der Waals surface area contributed by atoms with Gasteiger partial charge in [-0.15, -0.1) is 0 Å². The Morgan fingerprint density at radius 3 is 2.78 bits per heavy atom. The molecule has 0 fully saturated rings. The molecule has 2 rings (SSSR count). The van der Waals surface area contributed by atoms with E-state index < -0.39 is 0 Å². The fraction of sp³-hybridized carbons (Fsp3) is 0.250. The maximum Gasteiger partial charge on any atom is 0.250 e. The molecule has 94 valence electrons. The molecule has 0 saturated heterocycles. The van der Waals surface area contributed by atoms with Crippen LogP contribution in [0.15, 0.2) is 36.9 Å². The quantitative estimate of drug-likeness (QED) is 0.861. The van der Waals surface area contributed by atoms with Gasteiger partial charge in [-0.3, -0.25) is 4.79 Å². The van der Waals surface area contributed by atoms with Gasteiger partial charge in [-0.25, -0.2) is 9.67 Å². The normalized spacial score (nSPS) is 10.3. The van der Waals surface area contributed by atoms with E-state index in [1.807, 2.05) is 19.1 Å². The largest absolute Gasteiger partial charge is 0.372 e. The van der Waals surface area contributed by atoms with Crippen LogP contribution in [0.25, 0.3) is 5.69 Å². The SMILES string of the molecule is CCOCC(=O)Nc1ccc(-n2cncn2)cc1. The van der Waals surface area contributed by atoms with Gasteiger partial charge in [0.25, 0.3) is 0 Å². The van der Waals surface area contributed by atoms with Gasteiger partial charge in [-0.1, -0.05) is 0 Å². The molecule has 0 aliphatic rings. The first-order valence-corrected chi connectivity index (χ1v) is 5.62. The summed E-state index contributed by atoms with van der Waals surface area (Å²) in [6, 6.07) is 7.32. The lowest BCUT2D eigenvalue weighted by Crippen LogP contribution is -2.18. The summed E-state index contributed by atoms with van der Waals surface area (Å²) in [5, 5.41) is 6.76. The Hall–Kier alpha value is -2.21. The van der Waals surface area contributed by atoms with Crippen LogP contribution < -0.4 is 5.32 Å². The summed E-state index contributed by atoms with van der Waals surface area (Å²) < 4.78 is 6.66. The van der Waals surface area contributed by atoms with Crippen molar-refractivity contribution in [2.24, 2.45) is 0 Å². The highest BCUT2D eigenvalue weighted by Crippen LogP contribution is 2.11. The van der Waals surface area contributed by atoms with Gasteiger partial charge >= 0.3 is 0 Å². The molecule has 2 aromatic rings. The molecule has 1 aromatic carbocycles. The summed E-state index contributed by atoms with van der Waals surface area (Å²) in [7, 11) is 0. The standard InChI is InChI=1S/C12H14N4O2/c1-2-18-7-12(17)15-10-3-5-11(6-4-10)16-9-13-8-14-16/h3-6,8-9H,2,7H2,1H3,(H,15,17). The van der Waals surface area contributed by atoms with E-state index in [0.29, 0.717) is 6.61 Å². The van der Waals surface area contributed by atoms with Crippen molar-refractivity contribution in [1.82, 2.24) is 14.8 Å². The van der Waals surface area contributed by atoms with Gasteiger partial charge in [-0.05, 0) is 31.2 Å². The molecule has 0 spiro atoms. The second-order valence-electron chi connectivity index (χ2n) is 3.57. The third kappa shape index (κ3) is 3.14. The molecule has 1 aromatic heterocycles. The van der Waals surface area contributed by atoms with E-state index in [9.17, 15) is 4.79 Å². The summed E-state index contributed by atoms with van der Waals surface area (Å²) in [5.74, 6) is -0.162. The highest BCUT2D eigenvalue weighted by Gasteiger charge is 2.02. The fourth-order valence-corrected chi connectivity index (χ4v) is 1.43. The molecular formula is C12H14N4O2. The van der Waals surface area contributed by atoms with Crippen molar-refractivity contribution < 1.29 is 9.53 Å². The third-order valence-corrected chi connectivity index (χ3v) is 2.27. The van der Waals surface area contributed by atoms with Crippen molar-refractivity contribution in [1.29, 1.82) is 0 Å². The molecular weight excluding hydrogens is 232 g/mol. The van der Waals surface area contributed by atoms with Crippen LogP contribution in [0.5, 0.6) is 0 Å². The molecule has 0 aliphatic heterocycles. The Morgan fingerprint density at radius 1 is 1.39 bits per heavy atom. The molecule has 0 aliphatic carbocycles. The highest BCUT2D eigenvalue weighted by atomic mass is 16.5. The van der Waals surface area contributed by atoms with E-state index in [2.05, 4.69) is 15.4 Å². The van der Waals surface area contributed by atoms with Crippen molar-refractivity contribution in [2.45, 2.75) is 6.92 Å². The smallest absolute Gasteiger partial charge is 0.250 e. The molecule has 18 heavy (non-hydrogen) atoms. The van der Waals surface area contributed by atoms with Crippen LogP contribution >= 0.6 is 0 Å². The van der Waals surface area contributed by atoms with Gasteiger partial charge in [0.05, 0.1) is 5.69 Å². The van der Waals surface area contributed by atoms with Crippen LogP contribution in [-0.4, -0.2) is 33.9 Å². The number of anilines is 1. The summed E-state index contributed by atoms with van der Waals surface area (Å²) in [5.41, 5.74) is 1.61. The monoisotopic (exact) mass is 246 g/mol. The minimum absolute atomic E-state index is 0.0708. The number of hydrogen-bond donors (Lipinski definition) is 1. The summed E-state index contributed by atoms with van der Waals surface area (Å²) in [4.78, 5) is 15.3. The molecule has 6 nitrogen and oxygen atoms in total. The predicted molar refractivity (Wildman–Crippen MR) is 66.5 cm³/mol. The molecule has 6 heteroatoms. The molecule has 1 heterocycles. The maximum atomic E-state index is 11.4. The number of amides is 1. The summed E-state index contributed by atoms with van der Waals surface area (Å²) in [6.07, 6.45) is 3.08. The Bertz CT molecular complexity index is 493. The van der Waals surface area contributed by atoms with Gasteiger partial charge in [0.2, 0.25) is 5.91 Å². The van der Waals surface area contributed by atoms with Gasteiger partial charge in [0.15, 0.2) is 0 Å². The van der Waals surface area contributed by atoms with Gasteiger partial charge in [0, 0.05) is 12.3 Å². The number of ether oxygens (including phenoxy) is 1.